The number of aromatic nitrogens is 1. The first kappa shape index (κ1) is 15.4. The molecule has 0 radical (unpaired) electrons. The van der Waals surface area contributed by atoms with Crippen LogP contribution in [0.2, 0.25) is 0 Å². The minimum Gasteiger partial charge on any atom is -0.459 e. The lowest BCUT2D eigenvalue weighted by Gasteiger charge is -2.29. The lowest BCUT2D eigenvalue weighted by atomic mass is 10.0. The van der Waals surface area contributed by atoms with E-state index in [1.807, 2.05) is 26.2 Å². The predicted molar refractivity (Wildman–Crippen MR) is 89.6 cm³/mol. The first-order valence-electron chi connectivity index (χ1n) is 7.40. The van der Waals surface area contributed by atoms with Crippen LogP contribution in [0.25, 0.3) is 0 Å². The molecule has 2 aliphatic rings. The molecule has 1 unspecified atom stereocenters. The predicted octanol–water partition coefficient (Wildman–Crippen LogP) is 2.76. The van der Waals surface area contributed by atoms with E-state index in [1.165, 1.54) is 12.8 Å². The van der Waals surface area contributed by atoms with E-state index in [0.717, 1.165) is 16.4 Å². The van der Waals surface area contributed by atoms with Gasteiger partial charge in [0.2, 0.25) is 0 Å². The van der Waals surface area contributed by atoms with Crippen LogP contribution in [0.4, 0.5) is 0 Å². The van der Waals surface area contributed by atoms with Gasteiger partial charge >= 0.3 is 5.97 Å². The number of nitrogens with zero attached hydrogens (tertiary/aromatic N) is 1. The van der Waals surface area contributed by atoms with Crippen molar-refractivity contribution in [1.82, 2.24) is 15.6 Å². The van der Waals surface area contributed by atoms with Gasteiger partial charge in [-0.2, -0.15) is 0 Å². The van der Waals surface area contributed by atoms with Crippen molar-refractivity contribution in [2.24, 2.45) is 0 Å². The second-order valence-corrected chi connectivity index (χ2v) is 7.21. The van der Waals surface area contributed by atoms with E-state index in [2.05, 4.69) is 10.6 Å². The van der Waals surface area contributed by atoms with Gasteiger partial charge in [0.05, 0.1) is 22.4 Å². The number of thiazole rings is 1. The molecule has 0 aromatic carbocycles. The summed E-state index contributed by atoms with van der Waals surface area (Å²) in [5, 5.41) is 9.81. The van der Waals surface area contributed by atoms with Crippen LogP contribution in [0.1, 0.15) is 56.3 Å². The first-order valence-corrected chi connectivity index (χ1v) is 8.69. The van der Waals surface area contributed by atoms with Gasteiger partial charge in [0, 0.05) is 17.0 Å². The van der Waals surface area contributed by atoms with E-state index in [9.17, 15) is 4.79 Å². The van der Waals surface area contributed by atoms with Crippen molar-refractivity contribution < 1.29 is 9.53 Å². The van der Waals surface area contributed by atoms with Crippen LogP contribution < -0.4 is 10.6 Å². The molecule has 0 saturated heterocycles. The highest BCUT2D eigenvalue weighted by atomic mass is 32.1. The molecule has 1 aliphatic carbocycles. The Labute approximate surface area is 139 Å². The molecule has 7 heteroatoms. The van der Waals surface area contributed by atoms with E-state index >= 15 is 0 Å². The quantitative estimate of drug-likeness (QED) is 0.651. The fraction of sp³-hybridized carbons (Fsp3) is 0.533. The molecular formula is C15H19N3O2S2. The van der Waals surface area contributed by atoms with Gasteiger partial charge in [0.1, 0.15) is 6.04 Å². The zero-order valence-electron chi connectivity index (χ0n) is 12.8. The molecule has 1 aromatic rings. The second-order valence-electron chi connectivity index (χ2n) is 5.91. The van der Waals surface area contributed by atoms with Crippen LogP contribution in [0, 0.1) is 0 Å². The van der Waals surface area contributed by atoms with Gasteiger partial charge in [-0.25, -0.2) is 9.78 Å². The molecule has 1 saturated carbocycles. The number of ether oxygens (including phenoxy) is 1. The average molecular weight is 337 g/mol. The van der Waals surface area contributed by atoms with E-state index in [0.29, 0.717) is 16.6 Å². The zero-order valence-corrected chi connectivity index (χ0v) is 14.4. The Morgan fingerprint density at radius 3 is 2.86 bits per heavy atom. The molecule has 22 heavy (non-hydrogen) atoms. The maximum absolute atomic E-state index is 12.4. The van der Waals surface area contributed by atoms with Gasteiger partial charge in [0.15, 0.2) is 5.11 Å². The lowest BCUT2D eigenvalue weighted by molar-refractivity contribution is -0.143. The van der Waals surface area contributed by atoms with Crippen LogP contribution in [0.5, 0.6) is 0 Å². The lowest BCUT2D eigenvalue weighted by Crippen LogP contribution is -2.45. The highest BCUT2D eigenvalue weighted by Gasteiger charge is 2.34. The highest BCUT2D eigenvalue weighted by molar-refractivity contribution is 7.80. The number of nitrogens with one attached hydrogen (secondary N) is 2. The number of carbonyl (C=O) groups excluding carboxylic acids is 1. The summed E-state index contributed by atoms with van der Waals surface area (Å²) >= 11 is 6.88. The average Bonchev–Trinajstić information content (AvgIpc) is 3.14. The maximum atomic E-state index is 12.4. The Bertz CT molecular complexity index is 647. The van der Waals surface area contributed by atoms with Crippen molar-refractivity contribution in [3.63, 3.8) is 0 Å². The molecule has 2 heterocycles. The molecule has 0 bridgehead atoms. The largest absolute Gasteiger partial charge is 0.459 e. The Kier molecular flexibility index (Phi) is 4.18. The highest BCUT2D eigenvalue weighted by Crippen LogP contribution is 2.42. The molecule has 2 N–H and O–H groups in total. The molecule has 1 aliphatic heterocycles. The third-order valence-corrected chi connectivity index (χ3v) is 4.84. The number of esters is 1. The van der Waals surface area contributed by atoms with E-state index in [1.54, 1.807) is 11.3 Å². The van der Waals surface area contributed by atoms with Gasteiger partial charge in [-0.05, 0) is 45.8 Å². The van der Waals surface area contributed by atoms with Gasteiger partial charge in [-0.3, -0.25) is 0 Å². The van der Waals surface area contributed by atoms with Crippen molar-refractivity contribution in [1.29, 1.82) is 0 Å². The van der Waals surface area contributed by atoms with Gasteiger partial charge in [-0.15, -0.1) is 11.3 Å². The first-order chi connectivity index (χ1) is 10.5. The molecule has 1 aromatic heterocycles. The number of carbonyl (C=O) groups is 1. The summed E-state index contributed by atoms with van der Waals surface area (Å²) in [6.07, 6.45) is 2.25. The Hall–Kier alpha value is -1.47. The molecule has 118 valence electrons. The van der Waals surface area contributed by atoms with Crippen LogP contribution >= 0.6 is 23.6 Å². The van der Waals surface area contributed by atoms with Gasteiger partial charge in [0.25, 0.3) is 0 Å². The minimum absolute atomic E-state index is 0.167. The van der Waals surface area contributed by atoms with Crippen molar-refractivity contribution >= 4 is 34.6 Å². The molecule has 1 atom stereocenters. The summed E-state index contributed by atoms with van der Waals surface area (Å²) in [7, 11) is 0. The second kappa shape index (κ2) is 5.96. The number of thiocarbonyl (C=S) groups is 1. The molecule has 3 rings (SSSR count). The SMILES string of the molecule is CC1=C(C(=O)OC(C)C)C(c2csc(C3CC3)n2)NC(=S)N1. The van der Waals surface area contributed by atoms with Gasteiger partial charge < -0.3 is 15.4 Å². The monoisotopic (exact) mass is 337 g/mol. The number of allylic oxidation sites excluding steroid dienone is 1. The number of rotatable bonds is 4. The maximum Gasteiger partial charge on any atom is 0.338 e. The third kappa shape index (κ3) is 3.15. The smallest absolute Gasteiger partial charge is 0.338 e. The van der Waals surface area contributed by atoms with Gasteiger partial charge in [-0.1, -0.05) is 0 Å². The summed E-state index contributed by atoms with van der Waals surface area (Å²) in [4.78, 5) is 17.1. The summed E-state index contributed by atoms with van der Waals surface area (Å²) in [6.45, 7) is 5.52. The topological polar surface area (TPSA) is 63.2 Å². The van der Waals surface area contributed by atoms with Crippen LogP contribution in [0.3, 0.4) is 0 Å². The molecule has 0 spiro atoms. The molecular weight excluding hydrogens is 318 g/mol. The standard InChI is InChI=1S/C15H19N3O2S2/c1-7(2)20-14(19)11-8(3)16-15(21)18-12(11)10-6-22-13(17-10)9-4-5-9/h6-7,9,12H,4-5H2,1-3H3,(H2,16,18,21). The molecule has 1 fully saturated rings. The Morgan fingerprint density at radius 1 is 1.50 bits per heavy atom. The summed E-state index contributed by atoms with van der Waals surface area (Å²) < 4.78 is 5.37. The van der Waals surface area contributed by atoms with Crippen LogP contribution in [-0.4, -0.2) is 22.2 Å². The van der Waals surface area contributed by atoms with Crippen LogP contribution in [0.15, 0.2) is 16.7 Å². The zero-order chi connectivity index (χ0) is 15.9. The molecule has 5 nitrogen and oxygen atoms in total. The Morgan fingerprint density at radius 2 is 2.23 bits per heavy atom. The fourth-order valence-electron chi connectivity index (χ4n) is 2.41. The Balaban J connectivity index is 1.92. The summed E-state index contributed by atoms with van der Waals surface area (Å²) in [5.41, 5.74) is 2.11. The van der Waals surface area contributed by atoms with Crippen molar-refractivity contribution in [2.75, 3.05) is 0 Å². The number of hydrogen-bond acceptors (Lipinski definition) is 5. The van der Waals surface area contributed by atoms with E-state index in [-0.39, 0.29) is 18.1 Å². The molecule has 0 amide bonds. The third-order valence-electron chi connectivity index (χ3n) is 3.59. The summed E-state index contributed by atoms with van der Waals surface area (Å²) in [5.74, 6) is 0.268. The van der Waals surface area contributed by atoms with Crippen LogP contribution in [-0.2, 0) is 9.53 Å². The minimum atomic E-state index is -0.344. The van der Waals surface area contributed by atoms with Crippen molar-refractivity contribution in [2.45, 2.75) is 51.7 Å². The fourth-order valence-corrected chi connectivity index (χ4v) is 3.70. The van der Waals surface area contributed by atoms with E-state index < -0.39 is 0 Å². The normalized spacial score (nSPS) is 21.6. The summed E-state index contributed by atoms with van der Waals surface area (Å²) in [6, 6.07) is -0.344. The number of hydrogen-bond donors (Lipinski definition) is 2. The van der Waals surface area contributed by atoms with Crippen molar-refractivity contribution in [3.05, 3.63) is 27.4 Å². The van der Waals surface area contributed by atoms with Crippen molar-refractivity contribution in [3.8, 4) is 0 Å². The van der Waals surface area contributed by atoms with E-state index in [4.69, 9.17) is 21.9 Å².